The van der Waals surface area contributed by atoms with Crippen molar-refractivity contribution in [1.82, 2.24) is 10.2 Å². The quantitative estimate of drug-likeness (QED) is 0.527. The Kier molecular flexibility index (Phi) is 5.40. The number of ketones is 1. The molecule has 0 aliphatic carbocycles. The number of nitrogens with two attached hydrogens (primary N) is 1. The molecule has 1 saturated heterocycles. The number of alkyl halides is 3. The molecule has 0 bridgehead atoms. The van der Waals surface area contributed by atoms with Crippen molar-refractivity contribution in [2.45, 2.75) is 23.5 Å². The van der Waals surface area contributed by atoms with Crippen LogP contribution >= 0.6 is 0 Å². The van der Waals surface area contributed by atoms with Crippen molar-refractivity contribution in [3.8, 4) is 0 Å². The minimum Gasteiger partial charge on any atom is -0.319 e. The Morgan fingerprint density at radius 2 is 1.61 bits per heavy atom. The maximum Gasteiger partial charge on any atom is 0.416 e. The average molecular weight is 455 g/mol. The van der Waals surface area contributed by atoms with Crippen LogP contribution in [0.5, 0.6) is 0 Å². The van der Waals surface area contributed by atoms with Crippen LogP contribution in [0.25, 0.3) is 0 Å². The number of imide groups is 1. The van der Waals surface area contributed by atoms with E-state index < -0.39 is 51.6 Å². The number of nitrogens with one attached hydrogen (secondary N) is 1. The highest BCUT2D eigenvalue weighted by atomic mass is 32.2. The summed E-state index contributed by atoms with van der Waals surface area (Å²) in [6.45, 7) is 0.697. The van der Waals surface area contributed by atoms with Gasteiger partial charge in [0.15, 0.2) is 5.78 Å². The fourth-order valence-corrected chi connectivity index (χ4v) is 3.61. The van der Waals surface area contributed by atoms with Crippen molar-refractivity contribution in [2.75, 3.05) is 6.54 Å². The van der Waals surface area contributed by atoms with E-state index in [2.05, 4.69) is 5.32 Å². The fraction of sp³-hybridized carbons (Fsp3) is 0.211. The molecule has 3 amide bonds. The van der Waals surface area contributed by atoms with Crippen molar-refractivity contribution in [1.29, 1.82) is 0 Å². The lowest BCUT2D eigenvalue weighted by molar-refractivity contribution is -0.137. The normalized spacial score (nSPS) is 19.5. The first-order chi connectivity index (χ1) is 14.2. The maximum atomic E-state index is 12.9. The van der Waals surface area contributed by atoms with Crippen LogP contribution < -0.4 is 10.5 Å². The first-order valence-electron chi connectivity index (χ1n) is 8.71. The molecule has 1 fully saturated rings. The second kappa shape index (κ2) is 7.46. The second-order valence-corrected chi connectivity index (χ2v) is 8.58. The van der Waals surface area contributed by atoms with E-state index in [0.29, 0.717) is 4.90 Å². The standard InChI is InChI=1S/C19H16F3N3O5S/c1-18(12-6-8-14(9-7-12)31(23,29)30)16(27)25(17(28)24-18)10-15(26)11-2-4-13(5-3-11)19(20,21)22/h2-9H,10H2,1H3,(H,24,28)(H2,23,29,30). The molecular formula is C19H16F3N3O5S. The fourth-order valence-electron chi connectivity index (χ4n) is 3.09. The van der Waals surface area contributed by atoms with Gasteiger partial charge < -0.3 is 5.32 Å². The molecule has 1 aliphatic rings. The summed E-state index contributed by atoms with van der Waals surface area (Å²) in [5.41, 5.74) is -2.36. The summed E-state index contributed by atoms with van der Waals surface area (Å²) in [5.74, 6) is -1.51. The molecule has 1 aliphatic heterocycles. The molecule has 8 nitrogen and oxygen atoms in total. The molecule has 1 heterocycles. The number of carbonyl (C=O) groups is 3. The predicted molar refractivity (Wildman–Crippen MR) is 101 cm³/mol. The van der Waals surface area contributed by atoms with Crippen molar-refractivity contribution in [2.24, 2.45) is 5.14 Å². The molecule has 12 heteroatoms. The van der Waals surface area contributed by atoms with Gasteiger partial charge in [-0.3, -0.25) is 14.5 Å². The van der Waals surface area contributed by atoms with Crippen LogP contribution in [0.4, 0.5) is 18.0 Å². The monoisotopic (exact) mass is 455 g/mol. The van der Waals surface area contributed by atoms with Crippen LogP contribution in [0.15, 0.2) is 53.4 Å². The highest BCUT2D eigenvalue weighted by Gasteiger charge is 2.49. The highest BCUT2D eigenvalue weighted by Crippen LogP contribution is 2.31. The van der Waals surface area contributed by atoms with E-state index in [1.54, 1.807) is 0 Å². The van der Waals surface area contributed by atoms with Crippen molar-refractivity contribution in [3.05, 3.63) is 65.2 Å². The van der Waals surface area contributed by atoms with Gasteiger partial charge in [0.2, 0.25) is 10.0 Å². The Labute approximate surface area is 174 Å². The highest BCUT2D eigenvalue weighted by molar-refractivity contribution is 7.89. The van der Waals surface area contributed by atoms with Gasteiger partial charge >= 0.3 is 12.2 Å². The Morgan fingerprint density at radius 1 is 1.06 bits per heavy atom. The molecule has 0 spiro atoms. The van der Waals surface area contributed by atoms with E-state index in [-0.39, 0.29) is 16.0 Å². The summed E-state index contributed by atoms with van der Waals surface area (Å²) >= 11 is 0. The number of primary sulfonamides is 1. The first-order valence-corrected chi connectivity index (χ1v) is 10.3. The summed E-state index contributed by atoms with van der Waals surface area (Å²) in [6, 6.07) is 7.48. The van der Waals surface area contributed by atoms with Crippen molar-refractivity contribution in [3.63, 3.8) is 0 Å². The number of amides is 3. The number of sulfonamides is 1. The van der Waals surface area contributed by atoms with Gasteiger partial charge in [-0.15, -0.1) is 0 Å². The molecule has 2 aromatic rings. The van der Waals surface area contributed by atoms with Gasteiger partial charge in [-0.05, 0) is 36.8 Å². The lowest BCUT2D eigenvalue weighted by Gasteiger charge is -2.22. The topological polar surface area (TPSA) is 127 Å². The lowest BCUT2D eigenvalue weighted by Crippen LogP contribution is -2.41. The molecule has 0 aromatic heterocycles. The minimum atomic E-state index is -4.56. The number of hydrogen-bond donors (Lipinski definition) is 2. The van der Waals surface area contributed by atoms with E-state index in [1.807, 2.05) is 0 Å². The number of nitrogens with zero attached hydrogens (tertiary/aromatic N) is 1. The van der Waals surface area contributed by atoms with Gasteiger partial charge in [0.25, 0.3) is 5.91 Å². The lowest BCUT2D eigenvalue weighted by atomic mass is 9.92. The van der Waals surface area contributed by atoms with Gasteiger partial charge in [0, 0.05) is 5.56 Å². The molecule has 3 N–H and O–H groups in total. The Balaban J connectivity index is 1.80. The molecule has 0 radical (unpaired) electrons. The van der Waals surface area contributed by atoms with E-state index in [0.717, 1.165) is 24.3 Å². The SMILES string of the molecule is CC1(c2ccc(S(N)(=O)=O)cc2)NC(=O)N(CC(=O)c2ccc(C(F)(F)F)cc2)C1=O. The van der Waals surface area contributed by atoms with Crippen LogP contribution in [0.2, 0.25) is 0 Å². The Morgan fingerprint density at radius 3 is 2.10 bits per heavy atom. The number of benzene rings is 2. The maximum absolute atomic E-state index is 12.9. The second-order valence-electron chi connectivity index (χ2n) is 7.01. The zero-order chi connectivity index (χ0) is 23.2. The molecule has 1 atom stereocenters. The van der Waals surface area contributed by atoms with Gasteiger partial charge in [-0.1, -0.05) is 24.3 Å². The average Bonchev–Trinajstić information content (AvgIpc) is 2.91. The number of rotatable bonds is 5. The van der Waals surface area contributed by atoms with E-state index >= 15 is 0 Å². The van der Waals surface area contributed by atoms with Crippen LogP contribution in [0, 0.1) is 0 Å². The van der Waals surface area contributed by atoms with E-state index in [9.17, 15) is 36.0 Å². The van der Waals surface area contributed by atoms with Gasteiger partial charge in [-0.2, -0.15) is 13.2 Å². The van der Waals surface area contributed by atoms with Gasteiger partial charge in [0.05, 0.1) is 17.0 Å². The summed E-state index contributed by atoms with van der Waals surface area (Å²) in [6.07, 6.45) is -4.56. The number of hydrogen-bond acceptors (Lipinski definition) is 5. The third-order valence-corrected chi connectivity index (χ3v) is 5.80. The first kappa shape index (κ1) is 22.4. The molecule has 2 aromatic carbocycles. The molecule has 0 saturated carbocycles. The summed E-state index contributed by atoms with van der Waals surface area (Å²) in [5, 5.41) is 7.48. The molecule has 164 valence electrons. The minimum absolute atomic E-state index is 0.0975. The number of carbonyl (C=O) groups excluding carboxylic acids is 3. The molecule has 1 unspecified atom stereocenters. The van der Waals surface area contributed by atoms with Crippen molar-refractivity contribution >= 4 is 27.7 Å². The predicted octanol–water partition coefficient (Wildman–Crippen LogP) is 2.00. The molecular weight excluding hydrogens is 439 g/mol. The van der Waals surface area contributed by atoms with E-state index in [1.165, 1.54) is 31.2 Å². The smallest absolute Gasteiger partial charge is 0.319 e. The van der Waals surface area contributed by atoms with Crippen LogP contribution in [-0.4, -0.2) is 37.6 Å². The summed E-state index contributed by atoms with van der Waals surface area (Å²) in [4.78, 5) is 38.1. The number of Topliss-reactive ketones (excluding diaryl/α,β-unsaturated/α-hetero) is 1. The summed E-state index contributed by atoms with van der Waals surface area (Å²) < 4.78 is 60.7. The van der Waals surface area contributed by atoms with Crippen LogP contribution in [0.1, 0.15) is 28.4 Å². The van der Waals surface area contributed by atoms with Crippen molar-refractivity contribution < 1.29 is 36.0 Å². The number of urea groups is 1. The zero-order valence-electron chi connectivity index (χ0n) is 15.9. The zero-order valence-corrected chi connectivity index (χ0v) is 16.8. The van der Waals surface area contributed by atoms with E-state index in [4.69, 9.17) is 5.14 Å². The van der Waals surface area contributed by atoms with Gasteiger partial charge in [0.1, 0.15) is 5.54 Å². The Hall–Kier alpha value is -3.25. The Bertz CT molecular complexity index is 1160. The number of halogens is 3. The third kappa shape index (κ3) is 4.30. The van der Waals surface area contributed by atoms with Gasteiger partial charge in [-0.25, -0.2) is 18.4 Å². The molecule has 31 heavy (non-hydrogen) atoms. The van der Waals surface area contributed by atoms with Crippen LogP contribution in [-0.2, 0) is 26.5 Å². The van der Waals surface area contributed by atoms with Crippen LogP contribution in [0.3, 0.4) is 0 Å². The summed E-state index contributed by atoms with van der Waals surface area (Å²) in [7, 11) is -3.95. The third-order valence-electron chi connectivity index (χ3n) is 4.87. The molecule has 3 rings (SSSR count). The largest absolute Gasteiger partial charge is 0.416 e.